The van der Waals surface area contributed by atoms with E-state index < -0.39 is 0 Å². The van der Waals surface area contributed by atoms with Crippen LogP contribution < -0.4 is 0 Å². The zero-order chi connectivity index (χ0) is 12.9. The maximum Gasteiger partial charge on any atom is 0.200 e. The summed E-state index contributed by atoms with van der Waals surface area (Å²) in [5.41, 5.74) is 2.43. The normalized spacial score (nSPS) is 12.1. The van der Waals surface area contributed by atoms with E-state index in [1.54, 1.807) is 14.2 Å². The molecular weight excluding hydrogens is 214 g/mol. The molecule has 0 atom stereocenters. The van der Waals surface area contributed by atoms with E-state index >= 15 is 0 Å². The quantitative estimate of drug-likeness (QED) is 0.736. The van der Waals surface area contributed by atoms with Gasteiger partial charge in [0.05, 0.1) is 5.69 Å². The van der Waals surface area contributed by atoms with Crippen LogP contribution in [-0.4, -0.2) is 19.2 Å². The first-order chi connectivity index (χ1) is 7.96. The van der Waals surface area contributed by atoms with Gasteiger partial charge >= 0.3 is 0 Å². The minimum Gasteiger partial charge on any atom is -0.350 e. The Morgan fingerprint density at radius 1 is 1.18 bits per heavy atom. The Balaban J connectivity index is 2.62. The Bertz CT molecular complexity index is 323. The molecule has 0 bridgehead atoms. The molecule has 3 nitrogen and oxygen atoms in total. The SMILES string of the molecule is COC(OC)c1ccc(CCC(C)(C)C)cn1. The summed E-state index contributed by atoms with van der Waals surface area (Å²) in [6, 6.07) is 4.06. The van der Waals surface area contributed by atoms with Gasteiger partial charge in [0.15, 0.2) is 0 Å². The third-order valence-corrected chi connectivity index (χ3v) is 2.68. The standard InChI is InChI=1S/C14H23NO2/c1-14(2,3)9-8-11-6-7-12(15-10-11)13(16-4)17-5/h6-7,10,13H,8-9H2,1-5H3. The monoisotopic (exact) mass is 237 g/mol. The molecule has 0 saturated heterocycles. The average molecular weight is 237 g/mol. The van der Waals surface area contributed by atoms with Crippen LogP contribution in [0.2, 0.25) is 0 Å². The van der Waals surface area contributed by atoms with Gasteiger partial charge in [-0.3, -0.25) is 4.98 Å². The smallest absolute Gasteiger partial charge is 0.200 e. The molecule has 3 heteroatoms. The van der Waals surface area contributed by atoms with Crippen molar-refractivity contribution in [1.29, 1.82) is 0 Å². The molecule has 0 amide bonds. The number of hydrogen-bond donors (Lipinski definition) is 0. The van der Waals surface area contributed by atoms with Crippen LogP contribution >= 0.6 is 0 Å². The van der Waals surface area contributed by atoms with Crippen LogP contribution in [0.3, 0.4) is 0 Å². The summed E-state index contributed by atoms with van der Waals surface area (Å²) in [5.74, 6) is 0. The molecule has 0 spiro atoms. The van der Waals surface area contributed by atoms with E-state index in [4.69, 9.17) is 9.47 Å². The van der Waals surface area contributed by atoms with Gasteiger partial charge in [0.25, 0.3) is 0 Å². The Labute approximate surface area is 104 Å². The van der Waals surface area contributed by atoms with Crippen LogP contribution in [0.5, 0.6) is 0 Å². The van der Waals surface area contributed by atoms with E-state index in [1.807, 2.05) is 12.3 Å². The lowest BCUT2D eigenvalue weighted by atomic mass is 9.89. The first kappa shape index (κ1) is 14.1. The molecular formula is C14H23NO2. The van der Waals surface area contributed by atoms with E-state index in [0.717, 1.165) is 18.5 Å². The summed E-state index contributed by atoms with van der Waals surface area (Å²) in [6.07, 6.45) is 3.76. The van der Waals surface area contributed by atoms with Crippen molar-refractivity contribution in [2.24, 2.45) is 5.41 Å². The predicted molar refractivity (Wildman–Crippen MR) is 68.8 cm³/mol. The van der Waals surface area contributed by atoms with Gasteiger partial charge in [-0.05, 0) is 29.9 Å². The number of rotatable bonds is 5. The van der Waals surface area contributed by atoms with Crippen LogP contribution in [0.25, 0.3) is 0 Å². The van der Waals surface area contributed by atoms with Crippen LogP contribution in [-0.2, 0) is 15.9 Å². The van der Waals surface area contributed by atoms with Gasteiger partial charge < -0.3 is 9.47 Å². The van der Waals surface area contributed by atoms with Crippen molar-refractivity contribution in [2.75, 3.05) is 14.2 Å². The van der Waals surface area contributed by atoms with Gasteiger partial charge in [-0.1, -0.05) is 26.8 Å². The molecule has 0 aromatic carbocycles. The molecule has 0 radical (unpaired) electrons. The minimum absolute atomic E-state index is 0.361. The maximum absolute atomic E-state index is 5.15. The molecule has 96 valence electrons. The van der Waals surface area contributed by atoms with Crippen LogP contribution in [0.15, 0.2) is 18.3 Å². The van der Waals surface area contributed by atoms with Crippen molar-refractivity contribution in [1.82, 2.24) is 4.98 Å². The van der Waals surface area contributed by atoms with Crippen molar-refractivity contribution in [3.05, 3.63) is 29.6 Å². The molecule has 0 unspecified atom stereocenters. The third-order valence-electron chi connectivity index (χ3n) is 2.68. The molecule has 0 aliphatic rings. The molecule has 0 saturated carbocycles. The number of methoxy groups -OCH3 is 2. The van der Waals surface area contributed by atoms with E-state index in [1.165, 1.54) is 5.56 Å². The van der Waals surface area contributed by atoms with Crippen molar-refractivity contribution in [3.63, 3.8) is 0 Å². The highest BCUT2D eigenvalue weighted by atomic mass is 16.7. The van der Waals surface area contributed by atoms with Gasteiger partial charge in [-0.25, -0.2) is 0 Å². The van der Waals surface area contributed by atoms with E-state index in [2.05, 4.69) is 31.8 Å². The number of pyridine rings is 1. The number of aromatic nitrogens is 1. The molecule has 1 heterocycles. The van der Waals surface area contributed by atoms with Gasteiger partial charge in [0.1, 0.15) is 0 Å². The molecule has 0 N–H and O–H groups in total. The lowest BCUT2D eigenvalue weighted by Crippen LogP contribution is -2.08. The molecule has 17 heavy (non-hydrogen) atoms. The highest BCUT2D eigenvalue weighted by Gasteiger charge is 2.12. The first-order valence-electron chi connectivity index (χ1n) is 5.96. The molecule has 1 aromatic heterocycles. The highest BCUT2D eigenvalue weighted by molar-refractivity contribution is 5.15. The van der Waals surface area contributed by atoms with Gasteiger partial charge in [-0.2, -0.15) is 0 Å². The van der Waals surface area contributed by atoms with Crippen LogP contribution in [0.4, 0.5) is 0 Å². The van der Waals surface area contributed by atoms with Crippen molar-refractivity contribution in [2.45, 2.75) is 39.9 Å². The summed E-state index contributed by atoms with van der Waals surface area (Å²) in [6.45, 7) is 6.75. The molecule has 0 fully saturated rings. The number of hydrogen-bond acceptors (Lipinski definition) is 3. The van der Waals surface area contributed by atoms with E-state index in [-0.39, 0.29) is 6.29 Å². The Hall–Kier alpha value is -0.930. The summed E-state index contributed by atoms with van der Waals surface area (Å²) in [4.78, 5) is 4.37. The Morgan fingerprint density at radius 2 is 1.82 bits per heavy atom. The fourth-order valence-electron chi connectivity index (χ4n) is 1.58. The summed E-state index contributed by atoms with van der Waals surface area (Å²) >= 11 is 0. The van der Waals surface area contributed by atoms with Gasteiger partial charge in [0, 0.05) is 20.4 Å². The fourth-order valence-corrected chi connectivity index (χ4v) is 1.58. The number of aryl methyl sites for hydroxylation is 1. The van der Waals surface area contributed by atoms with E-state index in [9.17, 15) is 0 Å². The van der Waals surface area contributed by atoms with Crippen molar-refractivity contribution >= 4 is 0 Å². The summed E-state index contributed by atoms with van der Waals surface area (Å²) < 4.78 is 10.3. The Morgan fingerprint density at radius 3 is 2.24 bits per heavy atom. The predicted octanol–water partition coefficient (Wildman–Crippen LogP) is 3.35. The molecule has 1 aromatic rings. The van der Waals surface area contributed by atoms with Gasteiger partial charge in [0.2, 0.25) is 6.29 Å². The molecule has 1 rings (SSSR count). The zero-order valence-corrected chi connectivity index (χ0v) is 11.5. The van der Waals surface area contributed by atoms with Crippen molar-refractivity contribution < 1.29 is 9.47 Å². The molecule has 0 aliphatic heterocycles. The summed E-state index contributed by atoms with van der Waals surface area (Å²) in [7, 11) is 3.23. The average Bonchev–Trinajstić information content (AvgIpc) is 2.29. The second-order valence-corrected chi connectivity index (χ2v) is 5.46. The van der Waals surface area contributed by atoms with Crippen LogP contribution in [0, 0.1) is 5.41 Å². The van der Waals surface area contributed by atoms with Crippen LogP contribution in [0.1, 0.15) is 44.7 Å². The topological polar surface area (TPSA) is 31.4 Å². The molecule has 0 aliphatic carbocycles. The lowest BCUT2D eigenvalue weighted by molar-refractivity contribution is -0.108. The second kappa shape index (κ2) is 6.12. The highest BCUT2D eigenvalue weighted by Crippen LogP contribution is 2.22. The van der Waals surface area contributed by atoms with E-state index in [0.29, 0.717) is 5.41 Å². The fraction of sp³-hybridized carbons (Fsp3) is 0.643. The summed E-state index contributed by atoms with van der Waals surface area (Å²) in [5, 5.41) is 0. The van der Waals surface area contributed by atoms with Gasteiger partial charge in [-0.15, -0.1) is 0 Å². The number of ether oxygens (including phenoxy) is 2. The van der Waals surface area contributed by atoms with Crippen molar-refractivity contribution in [3.8, 4) is 0 Å². The first-order valence-corrected chi connectivity index (χ1v) is 5.96. The number of nitrogens with zero attached hydrogens (tertiary/aromatic N) is 1. The third kappa shape index (κ3) is 4.84. The lowest BCUT2D eigenvalue weighted by Gasteiger charge is -2.18. The minimum atomic E-state index is -0.369. The zero-order valence-electron chi connectivity index (χ0n) is 11.5. The largest absolute Gasteiger partial charge is 0.350 e. The second-order valence-electron chi connectivity index (χ2n) is 5.46. The Kier molecular flexibility index (Phi) is 5.09. The maximum atomic E-state index is 5.15.